The Balaban J connectivity index is -0.000000211. The number of hydrogen-bond acceptors (Lipinski definition) is 14. The summed E-state index contributed by atoms with van der Waals surface area (Å²) in [6, 6.07) is 0. The van der Waals surface area contributed by atoms with Crippen LogP contribution in [0.1, 0.15) is 116 Å². The Morgan fingerprint density at radius 1 is 0.915 bits per heavy atom. The maximum absolute atomic E-state index is 11.9. The van der Waals surface area contributed by atoms with Gasteiger partial charge in [0.05, 0.1) is 32.0 Å². The van der Waals surface area contributed by atoms with Crippen molar-refractivity contribution in [3.63, 3.8) is 0 Å². The first-order chi connectivity index (χ1) is 27.2. The molecular weight excluding hydrogens is 762 g/mol. The lowest BCUT2D eigenvalue weighted by Gasteiger charge is -2.42. The van der Waals surface area contributed by atoms with Crippen LogP contribution in [-0.2, 0) is 42.8 Å². The van der Waals surface area contributed by atoms with Gasteiger partial charge in [-0.2, -0.15) is 0 Å². The van der Waals surface area contributed by atoms with Crippen molar-refractivity contribution in [3.05, 3.63) is 36.0 Å². The third-order valence-electron chi connectivity index (χ3n) is 7.44. The SMILES string of the molecule is C.C=C(CO)C[C@@H](C)C=O.CC.CC.CCCC(=O)OCC(/C=C(C)/C=C/C(=O)C(C)C)COC1OC(C)C(O)C(OC)C1OC.CN(C)C.COC(O)CCC(C)O. The van der Waals surface area contributed by atoms with Crippen molar-refractivity contribution < 1.29 is 63.2 Å². The molecular formula is C45H91NO13. The summed E-state index contributed by atoms with van der Waals surface area (Å²) in [5.74, 6) is -0.581. The number of carbonyl (C=O) groups excluding carboxylic acids is 3. The molecule has 4 N–H and O–H groups in total. The lowest BCUT2D eigenvalue weighted by molar-refractivity contribution is -0.303. The average Bonchev–Trinajstić information content (AvgIpc) is 3.19. The van der Waals surface area contributed by atoms with E-state index >= 15 is 0 Å². The molecule has 1 saturated heterocycles. The van der Waals surface area contributed by atoms with E-state index in [1.54, 1.807) is 32.9 Å². The standard InChI is InChI=1S/C24H40O8.C7H12O2.C6H14O3.C3H9N.2C2H6.CH4/c1-8-9-20(26)30-13-18(12-16(4)10-11-19(25)15(2)3)14-31-24-23(29-7)22(28-6)21(27)17(5)32-24;1-6(4-8)3-7(2)5-9;1-5(7)3-4-6(8)9-2;1-4(2)3;2*1-2;/h10-12,15,17-18,21-24,27H,8-9,13-14H2,1-7H3;5,7-8H,1,3-4H2,2H3;5-8H,3-4H2,1-2H3;1-3H3;2*1-2H3;1H4/b11-10+,16-12+;;;;;;/t;7-;;;;;/m.1...../s1. The second-order valence-electron chi connectivity index (χ2n) is 14.1. The van der Waals surface area contributed by atoms with Crippen LogP contribution in [-0.4, -0.2) is 149 Å². The molecule has 0 saturated carbocycles. The van der Waals surface area contributed by atoms with Crippen molar-refractivity contribution in [3.8, 4) is 0 Å². The van der Waals surface area contributed by atoms with Crippen LogP contribution in [0.2, 0.25) is 0 Å². The number of hydrogen-bond donors (Lipinski definition) is 4. The highest BCUT2D eigenvalue weighted by atomic mass is 16.7. The Hall–Kier alpha value is -2.37. The van der Waals surface area contributed by atoms with Gasteiger partial charge in [0.1, 0.15) is 24.6 Å². The number of aliphatic hydroxyl groups is 4. The Morgan fingerprint density at radius 3 is 1.85 bits per heavy atom. The fraction of sp³-hybridized carbons (Fsp3) is 0.800. The number of allylic oxidation sites excluding steroid dienone is 3. The van der Waals surface area contributed by atoms with Gasteiger partial charge >= 0.3 is 5.97 Å². The first kappa shape index (κ1) is 68.4. The fourth-order valence-corrected chi connectivity index (χ4v) is 4.38. The summed E-state index contributed by atoms with van der Waals surface area (Å²) in [5, 5.41) is 36.3. The number of esters is 1. The summed E-state index contributed by atoms with van der Waals surface area (Å²) >= 11 is 0. The molecule has 1 rings (SSSR count). The van der Waals surface area contributed by atoms with Crippen LogP contribution in [0, 0.1) is 17.8 Å². The minimum atomic E-state index is -0.846. The van der Waals surface area contributed by atoms with Gasteiger partial charge in [-0.05, 0) is 67.3 Å². The Bertz CT molecular complexity index is 1050. The predicted molar refractivity (Wildman–Crippen MR) is 239 cm³/mol. The fourth-order valence-electron chi connectivity index (χ4n) is 4.38. The van der Waals surface area contributed by atoms with E-state index in [0.717, 1.165) is 17.4 Å². The minimum Gasteiger partial charge on any atom is -0.465 e. The highest BCUT2D eigenvalue weighted by Crippen LogP contribution is 2.26. The Kier molecular flexibility index (Phi) is 52.3. The van der Waals surface area contributed by atoms with E-state index in [4.69, 9.17) is 39.0 Å². The van der Waals surface area contributed by atoms with Crippen LogP contribution in [0.25, 0.3) is 0 Å². The van der Waals surface area contributed by atoms with Gasteiger partial charge in [0.2, 0.25) is 0 Å². The van der Waals surface area contributed by atoms with Crippen molar-refractivity contribution in [2.75, 3.05) is 62.3 Å². The number of nitrogens with zero attached hydrogens (tertiary/aromatic N) is 1. The highest BCUT2D eigenvalue weighted by molar-refractivity contribution is 5.91. The highest BCUT2D eigenvalue weighted by Gasteiger charge is 2.45. The van der Waals surface area contributed by atoms with Gasteiger partial charge in [-0.15, -0.1) is 0 Å². The molecule has 1 aliphatic rings. The van der Waals surface area contributed by atoms with E-state index in [1.165, 1.54) is 21.3 Å². The van der Waals surface area contributed by atoms with Crippen LogP contribution in [0.4, 0.5) is 0 Å². The summed E-state index contributed by atoms with van der Waals surface area (Å²) in [5.41, 5.74) is 1.57. The first-order valence-electron chi connectivity index (χ1n) is 20.5. The largest absolute Gasteiger partial charge is 0.465 e. The second kappa shape index (κ2) is 45.2. The molecule has 0 amide bonds. The van der Waals surface area contributed by atoms with Crippen molar-refractivity contribution in [1.82, 2.24) is 4.90 Å². The average molecular weight is 854 g/mol. The summed E-state index contributed by atoms with van der Waals surface area (Å²) in [4.78, 5) is 35.8. The molecule has 0 bridgehead atoms. The monoisotopic (exact) mass is 854 g/mol. The van der Waals surface area contributed by atoms with Crippen LogP contribution >= 0.6 is 0 Å². The number of carbonyl (C=O) groups is 3. The normalized spacial score (nSPS) is 20.4. The molecule has 0 aromatic heterocycles. The molecule has 1 fully saturated rings. The second-order valence-corrected chi connectivity index (χ2v) is 14.1. The number of rotatable bonds is 21. The summed E-state index contributed by atoms with van der Waals surface area (Å²) in [6.07, 6.45) is 4.39. The number of ketones is 1. The molecule has 59 heavy (non-hydrogen) atoms. The Labute approximate surface area is 360 Å². The smallest absolute Gasteiger partial charge is 0.305 e. The van der Waals surface area contributed by atoms with Gasteiger partial charge in [0.15, 0.2) is 18.4 Å². The van der Waals surface area contributed by atoms with Crippen molar-refractivity contribution >= 4 is 18.0 Å². The molecule has 354 valence electrons. The summed E-state index contributed by atoms with van der Waals surface area (Å²) in [7, 11) is 10.4. The molecule has 9 atom stereocenters. The first-order valence-corrected chi connectivity index (χ1v) is 20.5. The molecule has 8 unspecified atom stereocenters. The third-order valence-corrected chi connectivity index (χ3v) is 7.44. The van der Waals surface area contributed by atoms with Crippen LogP contribution in [0.5, 0.6) is 0 Å². The minimum absolute atomic E-state index is 0. The van der Waals surface area contributed by atoms with Crippen molar-refractivity contribution in [2.24, 2.45) is 17.8 Å². The molecule has 14 nitrogen and oxygen atoms in total. The van der Waals surface area contributed by atoms with Gasteiger partial charge in [-0.1, -0.05) is 92.7 Å². The van der Waals surface area contributed by atoms with Gasteiger partial charge in [0, 0.05) is 51.9 Å². The zero-order valence-electron chi connectivity index (χ0n) is 39.4. The van der Waals surface area contributed by atoms with Gasteiger partial charge in [-0.3, -0.25) is 9.59 Å². The molecule has 14 heteroatoms. The number of methoxy groups -OCH3 is 3. The topological polar surface area (TPSA) is 191 Å². The van der Waals surface area contributed by atoms with Crippen molar-refractivity contribution in [1.29, 1.82) is 0 Å². The predicted octanol–water partition coefficient (Wildman–Crippen LogP) is 6.56. The third kappa shape index (κ3) is 40.8. The molecule has 0 aliphatic carbocycles. The van der Waals surface area contributed by atoms with E-state index in [0.29, 0.717) is 32.1 Å². The maximum Gasteiger partial charge on any atom is 0.305 e. The number of ether oxygens (including phenoxy) is 6. The molecule has 1 heterocycles. The van der Waals surface area contributed by atoms with Crippen LogP contribution in [0.3, 0.4) is 0 Å². The molecule has 0 aromatic carbocycles. The van der Waals surface area contributed by atoms with Gasteiger partial charge in [-0.25, -0.2) is 0 Å². The molecule has 1 aliphatic heterocycles. The molecule has 0 radical (unpaired) electrons. The zero-order valence-corrected chi connectivity index (χ0v) is 39.4. The summed E-state index contributed by atoms with van der Waals surface area (Å²) in [6.45, 7) is 24.6. The lowest BCUT2D eigenvalue weighted by Crippen LogP contribution is -2.58. The van der Waals surface area contributed by atoms with E-state index in [2.05, 4.69) is 11.3 Å². The van der Waals surface area contributed by atoms with E-state index in [1.807, 2.05) is 87.5 Å². The van der Waals surface area contributed by atoms with E-state index in [9.17, 15) is 19.5 Å². The zero-order chi connectivity index (χ0) is 46.4. The lowest BCUT2D eigenvalue weighted by atomic mass is 9.99. The van der Waals surface area contributed by atoms with Crippen LogP contribution in [0.15, 0.2) is 36.0 Å². The Morgan fingerprint density at radius 2 is 1.44 bits per heavy atom. The molecule has 0 spiro atoms. The number of aldehydes is 1. The van der Waals surface area contributed by atoms with Crippen molar-refractivity contribution in [2.45, 2.75) is 159 Å². The maximum atomic E-state index is 11.9. The van der Waals surface area contributed by atoms with Gasteiger partial charge < -0.3 is 58.5 Å². The van der Waals surface area contributed by atoms with Crippen LogP contribution < -0.4 is 0 Å². The number of aliphatic hydroxyl groups excluding tert-OH is 4. The quantitative estimate of drug-likeness (QED) is 0.0242. The van der Waals surface area contributed by atoms with Gasteiger partial charge in [0.25, 0.3) is 0 Å². The molecule has 0 aromatic rings. The van der Waals surface area contributed by atoms with E-state index in [-0.39, 0.29) is 62.9 Å². The van der Waals surface area contributed by atoms with E-state index < -0.39 is 37.0 Å². The summed E-state index contributed by atoms with van der Waals surface area (Å²) < 4.78 is 32.6.